The molecule has 5 heteroatoms. The van der Waals surface area contributed by atoms with Crippen molar-refractivity contribution in [3.05, 3.63) is 35.6 Å². The Balaban J connectivity index is 2.48. The molecule has 0 saturated heterocycles. The van der Waals surface area contributed by atoms with E-state index in [9.17, 15) is 12.8 Å². The highest BCUT2D eigenvalue weighted by molar-refractivity contribution is 7.90. The van der Waals surface area contributed by atoms with Gasteiger partial charge in [0.2, 0.25) is 0 Å². The van der Waals surface area contributed by atoms with E-state index >= 15 is 0 Å². The van der Waals surface area contributed by atoms with Gasteiger partial charge in [-0.15, -0.1) is 0 Å². The van der Waals surface area contributed by atoms with Crippen molar-refractivity contribution in [2.75, 3.05) is 18.6 Å². The Morgan fingerprint density at radius 3 is 2.67 bits per heavy atom. The van der Waals surface area contributed by atoms with E-state index in [2.05, 4.69) is 5.32 Å². The van der Waals surface area contributed by atoms with Crippen LogP contribution >= 0.6 is 0 Å². The molecule has 1 aromatic carbocycles. The van der Waals surface area contributed by atoms with E-state index in [1.54, 1.807) is 6.07 Å². The zero-order valence-electron chi connectivity index (χ0n) is 10.8. The van der Waals surface area contributed by atoms with Gasteiger partial charge in [-0.1, -0.05) is 19.1 Å². The van der Waals surface area contributed by atoms with Crippen LogP contribution in [0.15, 0.2) is 24.3 Å². The van der Waals surface area contributed by atoms with Gasteiger partial charge >= 0.3 is 0 Å². The summed E-state index contributed by atoms with van der Waals surface area (Å²) < 4.78 is 35.1. The summed E-state index contributed by atoms with van der Waals surface area (Å²) in [6.45, 7) is 2.63. The summed E-state index contributed by atoms with van der Waals surface area (Å²) in [5, 5.41) is 3.25. The molecule has 18 heavy (non-hydrogen) atoms. The number of hydrogen-bond donors (Lipinski definition) is 1. The van der Waals surface area contributed by atoms with Crippen LogP contribution in [-0.2, 0) is 9.84 Å². The molecule has 0 amide bonds. The highest BCUT2D eigenvalue weighted by Crippen LogP contribution is 2.17. The first-order valence-electron chi connectivity index (χ1n) is 6.09. The minimum absolute atomic E-state index is 0.0697. The lowest BCUT2D eigenvalue weighted by atomic mass is 10.0. The summed E-state index contributed by atoms with van der Waals surface area (Å²) in [5.74, 6) is -0.0663. The first-order chi connectivity index (χ1) is 8.42. The zero-order valence-corrected chi connectivity index (χ0v) is 11.6. The Morgan fingerprint density at radius 2 is 2.11 bits per heavy atom. The first-order valence-corrected chi connectivity index (χ1v) is 8.15. The van der Waals surface area contributed by atoms with E-state index in [4.69, 9.17) is 0 Å². The summed E-state index contributed by atoms with van der Waals surface area (Å²) in [4.78, 5) is 0. The Bertz CT molecular complexity index is 474. The number of sulfone groups is 1. The molecule has 102 valence electrons. The monoisotopic (exact) mass is 273 g/mol. The highest BCUT2D eigenvalue weighted by Gasteiger charge is 2.09. The number of rotatable bonds is 7. The van der Waals surface area contributed by atoms with Crippen molar-refractivity contribution in [1.82, 2.24) is 5.32 Å². The molecular weight excluding hydrogens is 253 g/mol. The number of hydrogen-bond acceptors (Lipinski definition) is 3. The second kappa shape index (κ2) is 6.85. The molecule has 1 N–H and O–H groups in total. The summed E-state index contributed by atoms with van der Waals surface area (Å²) >= 11 is 0. The average Bonchev–Trinajstić information content (AvgIpc) is 2.27. The lowest BCUT2D eigenvalue weighted by Gasteiger charge is -2.17. The van der Waals surface area contributed by atoms with Crippen molar-refractivity contribution in [2.24, 2.45) is 0 Å². The van der Waals surface area contributed by atoms with Crippen LogP contribution in [0.4, 0.5) is 4.39 Å². The quantitative estimate of drug-likeness (QED) is 0.775. The van der Waals surface area contributed by atoms with Crippen LogP contribution in [0.2, 0.25) is 0 Å². The van der Waals surface area contributed by atoms with Gasteiger partial charge in [-0.05, 0) is 37.1 Å². The molecule has 0 aliphatic rings. The average molecular weight is 273 g/mol. The summed E-state index contributed by atoms with van der Waals surface area (Å²) in [7, 11) is -2.90. The fourth-order valence-electron chi connectivity index (χ4n) is 1.83. The van der Waals surface area contributed by atoms with E-state index in [-0.39, 0.29) is 17.6 Å². The Morgan fingerprint density at radius 1 is 1.39 bits per heavy atom. The van der Waals surface area contributed by atoms with Crippen molar-refractivity contribution in [1.29, 1.82) is 0 Å². The predicted molar refractivity (Wildman–Crippen MR) is 71.8 cm³/mol. The number of benzene rings is 1. The molecule has 0 aromatic heterocycles. The van der Waals surface area contributed by atoms with Gasteiger partial charge in [-0.3, -0.25) is 0 Å². The minimum Gasteiger partial charge on any atom is -0.310 e. The van der Waals surface area contributed by atoms with Crippen LogP contribution in [0, 0.1) is 5.82 Å². The molecular formula is C13H20FNO2S. The van der Waals surface area contributed by atoms with Gasteiger partial charge in [0.25, 0.3) is 0 Å². The molecule has 0 aliphatic carbocycles. The molecule has 0 bridgehead atoms. The van der Waals surface area contributed by atoms with E-state index in [1.807, 2.05) is 13.0 Å². The molecule has 1 unspecified atom stereocenters. The van der Waals surface area contributed by atoms with E-state index in [0.29, 0.717) is 13.0 Å². The summed E-state index contributed by atoms with van der Waals surface area (Å²) in [6.07, 6.45) is 2.64. The Hall–Kier alpha value is -0.940. The van der Waals surface area contributed by atoms with Gasteiger partial charge in [0.05, 0.1) is 5.75 Å². The molecule has 3 nitrogen and oxygen atoms in total. The lowest BCUT2D eigenvalue weighted by molar-refractivity contribution is 0.512. The summed E-state index contributed by atoms with van der Waals surface area (Å²) in [5.41, 5.74) is 0.900. The molecule has 0 radical (unpaired) electrons. The smallest absolute Gasteiger partial charge is 0.147 e. The third kappa shape index (κ3) is 5.60. The lowest BCUT2D eigenvalue weighted by Crippen LogP contribution is -2.23. The van der Waals surface area contributed by atoms with Crippen molar-refractivity contribution in [3.63, 3.8) is 0 Å². The van der Waals surface area contributed by atoms with Crippen molar-refractivity contribution in [3.8, 4) is 0 Å². The fourth-order valence-corrected chi connectivity index (χ4v) is 2.50. The topological polar surface area (TPSA) is 46.2 Å². The zero-order chi connectivity index (χ0) is 13.6. The molecule has 1 aromatic rings. The van der Waals surface area contributed by atoms with Crippen LogP contribution in [0.25, 0.3) is 0 Å². The van der Waals surface area contributed by atoms with Crippen LogP contribution < -0.4 is 5.32 Å². The van der Waals surface area contributed by atoms with Crippen LogP contribution in [0.3, 0.4) is 0 Å². The Labute approximate surface area is 108 Å². The van der Waals surface area contributed by atoms with E-state index < -0.39 is 9.84 Å². The fraction of sp³-hybridized carbons (Fsp3) is 0.538. The van der Waals surface area contributed by atoms with Crippen molar-refractivity contribution >= 4 is 9.84 Å². The van der Waals surface area contributed by atoms with Gasteiger partial charge in [-0.25, -0.2) is 12.8 Å². The van der Waals surface area contributed by atoms with Crippen LogP contribution in [0.1, 0.15) is 31.4 Å². The molecule has 1 atom stereocenters. The third-order valence-electron chi connectivity index (χ3n) is 2.74. The van der Waals surface area contributed by atoms with Crippen molar-refractivity contribution in [2.45, 2.75) is 25.8 Å². The number of nitrogens with one attached hydrogen (secondary N) is 1. The normalized spacial score (nSPS) is 13.5. The third-order valence-corrected chi connectivity index (χ3v) is 3.77. The van der Waals surface area contributed by atoms with Crippen molar-refractivity contribution < 1.29 is 12.8 Å². The molecule has 0 aliphatic heterocycles. The maximum atomic E-state index is 13.1. The molecule has 1 rings (SSSR count). The van der Waals surface area contributed by atoms with Crippen LogP contribution in [0.5, 0.6) is 0 Å². The summed E-state index contributed by atoms with van der Waals surface area (Å²) in [6, 6.07) is 6.56. The van der Waals surface area contributed by atoms with Gasteiger partial charge < -0.3 is 5.32 Å². The standard InChI is InChI=1S/C13H20FNO2S/c1-3-13(11-6-4-7-12(14)10-11)15-8-5-9-18(2,16)17/h4,6-7,10,13,15H,3,5,8-9H2,1-2H3. The molecule has 0 fully saturated rings. The molecule has 0 spiro atoms. The Kier molecular flexibility index (Phi) is 5.75. The molecule has 0 saturated carbocycles. The van der Waals surface area contributed by atoms with Crippen LogP contribution in [-0.4, -0.2) is 27.0 Å². The van der Waals surface area contributed by atoms with Gasteiger partial charge in [0, 0.05) is 12.3 Å². The molecule has 0 heterocycles. The largest absolute Gasteiger partial charge is 0.310 e. The number of halogens is 1. The second-order valence-electron chi connectivity index (χ2n) is 4.45. The first kappa shape index (κ1) is 15.1. The van der Waals surface area contributed by atoms with E-state index in [0.717, 1.165) is 12.0 Å². The maximum Gasteiger partial charge on any atom is 0.147 e. The predicted octanol–water partition coefficient (Wildman–Crippen LogP) is 2.30. The van der Waals surface area contributed by atoms with E-state index in [1.165, 1.54) is 18.4 Å². The van der Waals surface area contributed by atoms with Gasteiger partial charge in [0.15, 0.2) is 0 Å². The SMILES string of the molecule is CCC(NCCCS(C)(=O)=O)c1cccc(F)c1. The van der Waals surface area contributed by atoms with Gasteiger partial charge in [-0.2, -0.15) is 0 Å². The second-order valence-corrected chi connectivity index (χ2v) is 6.71. The van der Waals surface area contributed by atoms with Gasteiger partial charge in [0.1, 0.15) is 15.7 Å². The minimum atomic E-state index is -2.90. The maximum absolute atomic E-state index is 13.1. The highest BCUT2D eigenvalue weighted by atomic mass is 32.2.